The SMILES string of the molecule is CCN(CC)CCC[Si](OC)(OC)OC(CCC[Si](OC)(OC)OC)CCC[Si](OC)(OC)OC. The zero-order chi connectivity index (χ0) is 26.8. The van der Waals surface area contributed by atoms with Crippen LogP contribution in [0.1, 0.15) is 46.0 Å². The van der Waals surface area contributed by atoms with E-state index in [2.05, 4.69) is 18.7 Å². The molecule has 0 unspecified atom stereocenters. The molecule has 0 spiro atoms. The predicted octanol–water partition coefficient (Wildman–Crippen LogP) is 3.65. The normalized spacial score (nSPS) is 13.4. The lowest BCUT2D eigenvalue weighted by atomic mass is 10.1. The van der Waals surface area contributed by atoms with Crippen molar-refractivity contribution in [1.29, 1.82) is 0 Å². The van der Waals surface area contributed by atoms with E-state index < -0.39 is 26.4 Å². The number of hydrogen-bond acceptors (Lipinski definition) is 10. The Hall–Kier alpha value is 0.251. The first-order chi connectivity index (χ1) is 16.8. The van der Waals surface area contributed by atoms with Crippen molar-refractivity contribution in [3.05, 3.63) is 0 Å². The van der Waals surface area contributed by atoms with Crippen molar-refractivity contribution in [2.75, 3.05) is 76.5 Å². The molecule has 0 aromatic rings. The van der Waals surface area contributed by atoms with Gasteiger partial charge < -0.3 is 44.7 Å². The van der Waals surface area contributed by atoms with Crippen LogP contribution in [-0.4, -0.2) is 114 Å². The zero-order valence-electron chi connectivity index (χ0n) is 24.0. The summed E-state index contributed by atoms with van der Waals surface area (Å²) in [6.45, 7) is 7.42. The smallest absolute Gasteiger partial charge is 0.377 e. The molecule has 0 rings (SSSR count). The second-order valence-corrected chi connectivity index (χ2v) is 17.4. The van der Waals surface area contributed by atoms with Gasteiger partial charge in [-0.1, -0.05) is 13.8 Å². The summed E-state index contributed by atoms with van der Waals surface area (Å²) in [4.78, 5) is 2.40. The van der Waals surface area contributed by atoms with Crippen LogP contribution in [0.4, 0.5) is 0 Å². The van der Waals surface area contributed by atoms with Gasteiger partial charge in [-0.25, -0.2) is 0 Å². The summed E-state index contributed by atoms with van der Waals surface area (Å²) < 4.78 is 52.1. The van der Waals surface area contributed by atoms with Gasteiger partial charge in [0.1, 0.15) is 0 Å². The summed E-state index contributed by atoms with van der Waals surface area (Å²) in [7, 11) is 5.11. The molecule has 0 heterocycles. The van der Waals surface area contributed by atoms with E-state index in [4.69, 9.17) is 39.8 Å². The molecule has 13 heteroatoms. The third-order valence-electron chi connectivity index (χ3n) is 6.70. The van der Waals surface area contributed by atoms with Crippen molar-refractivity contribution in [2.24, 2.45) is 0 Å². The molecule has 10 nitrogen and oxygen atoms in total. The molecule has 212 valence electrons. The first-order valence-electron chi connectivity index (χ1n) is 12.6. The molecule has 35 heavy (non-hydrogen) atoms. The monoisotopic (exact) mass is 559 g/mol. The number of nitrogens with zero attached hydrogens (tertiary/aromatic N) is 1. The van der Waals surface area contributed by atoms with Gasteiger partial charge in [-0.15, -0.1) is 0 Å². The van der Waals surface area contributed by atoms with Crippen LogP contribution in [-0.2, 0) is 39.8 Å². The third kappa shape index (κ3) is 12.1. The standard InChI is InChI=1S/C22H53NO9Si3/c1-11-23(12-2)18-15-21-35(30-9,31-10)32-22(16-13-19-33(24-3,25-4)26-5)17-14-20-34(27-6,28-7)29-8/h22H,11-21H2,1-10H3. The van der Waals surface area contributed by atoms with Gasteiger partial charge in [-0.2, -0.15) is 0 Å². The van der Waals surface area contributed by atoms with Gasteiger partial charge in [0.15, 0.2) is 0 Å². The summed E-state index contributed by atoms with van der Waals surface area (Å²) in [5.41, 5.74) is 0. The Kier molecular flexibility index (Phi) is 19.5. The first kappa shape index (κ1) is 35.3. The van der Waals surface area contributed by atoms with Crippen molar-refractivity contribution < 1.29 is 39.8 Å². The molecule has 0 bridgehead atoms. The Labute approximate surface area is 217 Å². The molecule has 0 saturated carbocycles. The summed E-state index contributed by atoms with van der Waals surface area (Å²) in [5, 5.41) is 0. The van der Waals surface area contributed by atoms with Gasteiger partial charge in [0.2, 0.25) is 0 Å². The van der Waals surface area contributed by atoms with Gasteiger partial charge >= 0.3 is 26.4 Å². The van der Waals surface area contributed by atoms with Crippen LogP contribution in [0.3, 0.4) is 0 Å². The van der Waals surface area contributed by atoms with Gasteiger partial charge in [0.25, 0.3) is 0 Å². The van der Waals surface area contributed by atoms with Crippen LogP contribution in [0.2, 0.25) is 18.1 Å². The van der Waals surface area contributed by atoms with Crippen molar-refractivity contribution in [1.82, 2.24) is 4.90 Å². The summed E-state index contributed by atoms with van der Waals surface area (Å²) in [6, 6.07) is 2.19. The molecular weight excluding hydrogens is 506 g/mol. The van der Waals surface area contributed by atoms with Gasteiger partial charge in [-0.05, 0) is 51.7 Å². The minimum atomic E-state index is -2.83. The average Bonchev–Trinajstić information content (AvgIpc) is 2.91. The van der Waals surface area contributed by atoms with Crippen LogP contribution >= 0.6 is 0 Å². The highest BCUT2D eigenvalue weighted by Crippen LogP contribution is 2.27. The summed E-state index contributed by atoms with van der Waals surface area (Å²) in [5.74, 6) is 0. The number of hydrogen-bond donors (Lipinski definition) is 0. The molecule has 0 amide bonds. The molecule has 0 N–H and O–H groups in total. The van der Waals surface area contributed by atoms with E-state index in [1.807, 2.05) is 0 Å². The fraction of sp³-hybridized carbons (Fsp3) is 1.00. The molecule has 0 radical (unpaired) electrons. The third-order valence-corrected chi connectivity index (χ3v) is 15.3. The number of rotatable bonds is 24. The maximum Gasteiger partial charge on any atom is 0.500 e. The average molecular weight is 560 g/mol. The minimum Gasteiger partial charge on any atom is -0.377 e. The molecule has 0 saturated heterocycles. The minimum absolute atomic E-state index is 0.0513. The predicted molar refractivity (Wildman–Crippen MR) is 144 cm³/mol. The summed E-state index contributed by atoms with van der Waals surface area (Å²) in [6.07, 6.45) is 4.21. The van der Waals surface area contributed by atoms with Crippen LogP contribution in [0, 0.1) is 0 Å². The van der Waals surface area contributed by atoms with Crippen molar-refractivity contribution in [2.45, 2.75) is 70.2 Å². The fourth-order valence-electron chi connectivity index (χ4n) is 4.22. The quantitative estimate of drug-likeness (QED) is 0.163. The lowest BCUT2D eigenvalue weighted by molar-refractivity contribution is 0.0436. The van der Waals surface area contributed by atoms with E-state index in [1.165, 1.54) is 0 Å². The topological polar surface area (TPSA) is 86.3 Å². The van der Waals surface area contributed by atoms with Crippen molar-refractivity contribution in [3.8, 4) is 0 Å². The van der Waals surface area contributed by atoms with Crippen LogP contribution in [0.5, 0.6) is 0 Å². The zero-order valence-corrected chi connectivity index (χ0v) is 27.0. The van der Waals surface area contributed by atoms with Gasteiger partial charge in [0.05, 0.1) is 0 Å². The Morgan fingerprint density at radius 1 is 0.514 bits per heavy atom. The van der Waals surface area contributed by atoms with Crippen molar-refractivity contribution in [3.63, 3.8) is 0 Å². The maximum atomic E-state index is 6.68. The largest absolute Gasteiger partial charge is 0.500 e. The molecule has 0 fully saturated rings. The Morgan fingerprint density at radius 3 is 1.17 bits per heavy atom. The van der Waals surface area contributed by atoms with Crippen LogP contribution in [0.25, 0.3) is 0 Å². The molecule has 0 aliphatic rings. The molecule has 0 aliphatic heterocycles. The Balaban J connectivity index is 5.37. The summed E-state index contributed by atoms with van der Waals surface area (Å²) >= 11 is 0. The highest BCUT2D eigenvalue weighted by atomic mass is 28.4. The van der Waals surface area contributed by atoms with Crippen LogP contribution in [0.15, 0.2) is 0 Å². The second kappa shape index (κ2) is 19.3. The van der Waals surface area contributed by atoms with Crippen molar-refractivity contribution >= 4 is 26.4 Å². The fourth-order valence-corrected chi connectivity index (χ4v) is 9.94. The van der Waals surface area contributed by atoms with E-state index in [-0.39, 0.29) is 6.10 Å². The van der Waals surface area contributed by atoms with Crippen LogP contribution < -0.4 is 0 Å². The second-order valence-electron chi connectivity index (χ2n) is 8.34. The molecule has 0 aromatic heterocycles. The molecule has 0 atom stereocenters. The maximum absolute atomic E-state index is 6.68. The van der Waals surface area contributed by atoms with Gasteiger partial charge in [0, 0.05) is 81.1 Å². The Bertz CT molecular complexity index is 464. The van der Waals surface area contributed by atoms with E-state index in [1.54, 1.807) is 56.9 Å². The first-order valence-corrected chi connectivity index (χ1v) is 18.4. The van der Waals surface area contributed by atoms with E-state index in [9.17, 15) is 0 Å². The van der Waals surface area contributed by atoms with E-state index in [0.29, 0.717) is 12.1 Å². The highest BCUT2D eigenvalue weighted by Gasteiger charge is 2.43. The molecule has 0 aromatic carbocycles. The highest BCUT2D eigenvalue weighted by molar-refractivity contribution is 6.61. The van der Waals surface area contributed by atoms with Gasteiger partial charge in [-0.3, -0.25) is 0 Å². The molecular formula is C22H53NO9Si3. The Morgan fingerprint density at radius 2 is 0.857 bits per heavy atom. The lowest BCUT2D eigenvalue weighted by Crippen LogP contribution is -2.48. The van der Waals surface area contributed by atoms with E-state index >= 15 is 0 Å². The lowest BCUT2D eigenvalue weighted by Gasteiger charge is -2.33. The molecule has 0 aliphatic carbocycles. The van der Waals surface area contributed by atoms with E-state index in [0.717, 1.165) is 57.8 Å².